The molecule has 1 N–H and O–H groups in total. The monoisotopic (exact) mass is 726 g/mol. The highest BCUT2D eigenvalue weighted by Crippen LogP contribution is 2.38. The van der Waals surface area contributed by atoms with Crippen molar-refractivity contribution in [2.75, 3.05) is 32.1 Å². The smallest absolute Gasteiger partial charge is 0.171 e. The number of aliphatic hydroxyl groups is 1. The van der Waals surface area contributed by atoms with Crippen molar-refractivity contribution in [2.45, 2.75) is 37.4 Å². The fourth-order valence-electron chi connectivity index (χ4n) is 5.26. The summed E-state index contributed by atoms with van der Waals surface area (Å²) >= 11 is 13.8. The average molecular weight is 729 g/mol. The normalized spacial score (nSPS) is 13.0. The maximum Gasteiger partial charge on any atom is 0.171 e. The lowest BCUT2D eigenvalue weighted by molar-refractivity contribution is -0.0719. The van der Waals surface area contributed by atoms with E-state index in [1.54, 1.807) is 0 Å². The molecule has 0 aliphatic carbocycles. The van der Waals surface area contributed by atoms with Crippen LogP contribution in [0.2, 0.25) is 0 Å². The Morgan fingerprint density at radius 2 is 1.43 bits per heavy atom. The van der Waals surface area contributed by atoms with Gasteiger partial charge in [-0.1, -0.05) is 105 Å². The van der Waals surface area contributed by atoms with Crippen molar-refractivity contribution in [3.63, 3.8) is 0 Å². The molecular weight excluding hydrogens is 688 g/mol. The number of hydrogen-bond donors (Lipinski definition) is 2. The fourth-order valence-corrected chi connectivity index (χ4v) is 7.35. The summed E-state index contributed by atoms with van der Waals surface area (Å²) < 4.78 is 2.02. The molecule has 4 aromatic carbocycles. The minimum absolute atomic E-state index is 0.594. The Bertz CT molecular complexity index is 1410. The zero-order chi connectivity index (χ0) is 30.0. The van der Waals surface area contributed by atoms with Crippen LogP contribution in [0.4, 0.5) is 0 Å². The first-order valence-electron chi connectivity index (χ1n) is 14.3. The molecule has 0 bridgehead atoms. The van der Waals surface area contributed by atoms with E-state index in [9.17, 15) is 5.11 Å². The maximum absolute atomic E-state index is 12.8. The van der Waals surface area contributed by atoms with E-state index in [4.69, 9.17) is 0 Å². The van der Waals surface area contributed by atoms with Gasteiger partial charge in [0.1, 0.15) is 0 Å². The fraction of sp³-hybridized carbons (Fsp3) is 0.314. The molecule has 0 radical (unpaired) electrons. The molecule has 0 heterocycles. The summed E-state index contributed by atoms with van der Waals surface area (Å²) in [4.78, 5) is 4.33. The third-order valence-electron chi connectivity index (χ3n) is 7.53. The lowest BCUT2D eigenvalue weighted by Gasteiger charge is -2.40. The molecule has 0 amide bonds. The molecule has 1 atom stereocenters. The van der Waals surface area contributed by atoms with Gasteiger partial charge in [0.2, 0.25) is 0 Å². The van der Waals surface area contributed by atoms with Crippen molar-refractivity contribution in [1.82, 2.24) is 9.80 Å². The van der Waals surface area contributed by atoms with Crippen LogP contribution in [-0.4, -0.2) is 47.1 Å². The van der Waals surface area contributed by atoms with E-state index >= 15 is 0 Å². The van der Waals surface area contributed by atoms with Gasteiger partial charge >= 0.3 is 0 Å². The van der Waals surface area contributed by atoms with Crippen LogP contribution >= 0.6 is 56.3 Å². The summed E-state index contributed by atoms with van der Waals surface area (Å²) in [5.41, 5.74) is 5.38. The number of thiol groups is 1. The molecule has 0 aromatic heterocycles. The molecule has 3 nitrogen and oxygen atoms in total. The van der Waals surface area contributed by atoms with Gasteiger partial charge in [0.15, 0.2) is 5.72 Å². The highest BCUT2D eigenvalue weighted by Gasteiger charge is 2.38. The number of aryl methyl sites for hydroxylation is 1. The standard InChI is InChI=1S/C35H40Br2N2OS2/c1-38(19-20-41)24-29-16-18-33(37)23-34(29)35(40,31-13-7-4-8-14-31)39(2)25-28-15-17-32(36)22-30(28)26-42-21-9-12-27-10-5-3-6-11-27/h3-8,10-11,13-18,22-23,40-41H,9,12,19-21,24-26H2,1-2H3. The Labute approximate surface area is 278 Å². The van der Waals surface area contributed by atoms with Crippen LogP contribution in [0.3, 0.4) is 0 Å². The zero-order valence-corrected chi connectivity index (χ0v) is 29.2. The number of halogens is 2. The van der Waals surface area contributed by atoms with Gasteiger partial charge in [0.05, 0.1) is 0 Å². The van der Waals surface area contributed by atoms with Gasteiger partial charge in [-0.3, -0.25) is 4.90 Å². The van der Waals surface area contributed by atoms with E-state index in [1.807, 2.05) is 49.1 Å². The van der Waals surface area contributed by atoms with E-state index in [2.05, 4.69) is 128 Å². The molecule has 1 unspecified atom stereocenters. The number of benzene rings is 4. The Balaban J connectivity index is 1.59. The molecule has 0 spiro atoms. The topological polar surface area (TPSA) is 26.7 Å². The highest BCUT2D eigenvalue weighted by molar-refractivity contribution is 9.10. The number of hydrogen-bond acceptors (Lipinski definition) is 5. The van der Waals surface area contributed by atoms with Crippen LogP contribution in [0.15, 0.2) is 106 Å². The second-order valence-electron chi connectivity index (χ2n) is 10.7. The molecule has 0 aliphatic heterocycles. The van der Waals surface area contributed by atoms with Crippen molar-refractivity contribution in [3.8, 4) is 0 Å². The van der Waals surface area contributed by atoms with Crippen LogP contribution < -0.4 is 0 Å². The minimum Gasteiger partial charge on any atom is -0.367 e. The van der Waals surface area contributed by atoms with Gasteiger partial charge in [-0.05, 0) is 79.2 Å². The lowest BCUT2D eigenvalue weighted by atomic mass is 9.88. The van der Waals surface area contributed by atoms with Gasteiger partial charge in [-0.25, -0.2) is 0 Å². The maximum atomic E-state index is 12.8. The first kappa shape index (κ1) is 33.3. The van der Waals surface area contributed by atoms with E-state index in [0.29, 0.717) is 6.54 Å². The number of nitrogens with zero attached hydrogens (tertiary/aromatic N) is 2. The third kappa shape index (κ3) is 8.98. The SMILES string of the molecule is CN(CCS)Cc1ccc(Br)cc1C(O)(c1ccccc1)N(C)Cc1ccc(Br)cc1CSCCCc1ccccc1. The van der Waals surface area contributed by atoms with Gasteiger partial charge in [0.25, 0.3) is 0 Å². The Morgan fingerprint density at radius 3 is 2.12 bits per heavy atom. The molecule has 0 fully saturated rings. The van der Waals surface area contributed by atoms with Crippen LogP contribution in [0.25, 0.3) is 0 Å². The van der Waals surface area contributed by atoms with E-state index in [1.165, 1.54) is 16.7 Å². The molecule has 0 saturated heterocycles. The first-order valence-corrected chi connectivity index (χ1v) is 17.6. The molecule has 4 aromatic rings. The van der Waals surface area contributed by atoms with Gasteiger partial charge < -0.3 is 10.0 Å². The highest BCUT2D eigenvalue weighted by atomic mass is 79.9. The Hall–Kier alpha value is -1.58. The summed E-state index contributed by atoms with van der Waals surface area (Å²) in [5, 5.41) is 12.8. The molecule has 42 heavy (non-hydrogen) atoms. The van der Waals surface area contributed by atoms with Crippen LogP contribution in [-0.2, 0) is 31.0 Å². The second-order valence-corrected chi connectivity index (χ2v) is 14.1. The van der Waals surface area contributed by atoms with Crippen molar-refractivity contribution >= 4 is 56.3 Å². The zero-order valence-electron chi connectivity index (χ0n) is 24.3. The first-order chi connectivity index (χ1) is 20.3. The predicted octanol–water partition coefficient (Wildman–Crippen LogP) is 8.76. The molecule has 222 valence electrons. The molecule has 7 heteroatoms. The predicted molar refractivity (Wildman–Crippen MR) is 190 cm³/mol. The van der Waals surface area contributed by atoms with Crippen molar-refractivity contribution < 1.29 is 5.11 Å². The quantitative estimate of drug-likeness (QED) is 0.0728. The summed E-state index contributed by atoms with van der Waals surface area (Å²) in [5.74, 6) is 2.81. The van der Waals surface area contributed by atoms with E-state index in [-0.39, 0.29) is 0 Å². The molecule has 4 rings (SSSR count). The van der Waals surface area contributed by atoms with Gasteiger partial charge in [-0.2, -0.15) is 24.4 Å². The molecule has 0 saturated carbocycles. The Kier molecular flexibility index (Phi) is 13.1. The third-order valence-corrected chi connectivity index (χ3v) is 9.81. The minimum atomic E-state index is -1.34. The Morgan fingerprint density at radius 1 is 0.786 bits per heavy atom. The number of thioether (sulfide) groups is 1. The summed E-state index contributed by atoms with van der Waals surface area (Å²) in [7, 11) is 4.12. The summed E-state index contributed by atoms with van der Waals surface area (Å²) in [6, 6.07) is 33.5. The average Bonchev–Trinajstić information content (AvgIpc) is 2.99. The lowest BCUT2D eigenvalue weighted by Crippen LogP contribution is -2.45. The number of rotatable bonds is 15. The van der Waals surface area contributed by atoms with Gasteiger partial charge in [-0.15, -0.1) is 0 Å². The van der Waals surface area contributed by atoms with Crippen LogP contribution in [0.5, 0.6) is 0 Å². The summed E-state index contributed by atoms with van der Waals surface area (Å²) in [6.07, 6.45) is 2.25. The van der Waals surface area contributed by atoms with Gasteiger partial charge in [0, 0.05) is 51.2 Å². The van der Waals surface area contributed by atoms with Crippen LogP contribution in [0.1, 0.15) is 39.8 Å². The van der Waals surface area contributed by atoms with Crippen LogP contribution in [0, 0.1) is 0 Å². The summed E-state index contributed by atoms with van der Waals surface area (Å²) in [6.45, 7) is 2.18. The van der Waals surface area contributed by atoms with Crippen molar-refractivity contribution in [1.29, 1.82) is 0 Å². The van der Waals surface area contributed by atoms with E-state index < -0.39 is 5.72 Å². The van der Waals surface area contributed by atoms with Crippen molar-refractivity contribution in [2.24, 2.45) is 0 Å². The largest absolute Gasteiger partial charge is 0.367 e. The second kappa shape index (κ2) is 16.5. The van der Waals surface area contributed by atoms with E-state index in [0.717, 1.165) is 68.8 Å². The molecule has 0 aliphatic rings. The van der Waals surface area contributed by atoms with Crippen molar-refractivity contribution in [3.05, 3.63) is 139 Å². The molecular formula is C35H40Br2N2OS2.